The van der Waals surface area contributed by atoms with E-state index in [1.165, 1.54) is 0 Å². The Bertz CT molecular complexity index is 491. The summed E-state index contributed by atoms with van der Waals surface area (Å²) in [4.78, 5) is 0. The molecule has 0 amide bonds. The lowest BCUT2D eigenvalue weighted by molar-refractivity contribution is -0.0286. The van der Waals surface area contributed by atoms with E-state index in [4.69, 9.17) is 13.9 Å². The molecule has 2 atom stereocenters. The molecule has 0 unspecified atom stereocenters. The lowest BCUT2D eigenvalue weighted by Crippen LogP contribution is -2.46. The molecule has 1 aliphatic rings. The van der Waals surface area contributed by atoms with Crippen molar-refractivity contribution < 1.29 is 19.0 Å². The summed E-state index contributed by atoms with van der Waals surface area (Å²) in [6.45, 7) is 12.8. The van der Waals surface area contributed by atoms with E-state index in [9.17, 15) is 5.11 Å². The number of epoxide rings is 1. The Labute approximate surface area is 140 Å². The van der Waals surface area contributed by atoms with Gasteiger partial charge in [-0.05, 0) is 23.7 Å². The average Bonchev–Trinajstić information content (AvgIpc) is 3.26. The van der Waals surface area contributed by atoms with Crippen LogP contribution in [-0.4, -0.2) is 44.9 Å². The zero-order chi connectivity index (χ0) is 17.1. The first-order chi connectivity index (χ1) is 10.7. The number of aliphatic hydroxyl groups excluding tert-OH is 1. The first-order valence-electron chi connectivity index (χ1n) is 8.24. The van der Waals surface area contributed by atoms with Crippen molar-refractivity contribution in [1.82, 2.24) is 0 Å². The van der Waals surface area contributed by atoms with Gasteiger partial charge in [-0.15, -0.1) is 0 Å². The van der Waals surface area contributed by atoms with Crippen LogP contribution in [0, 0.1) is 0 Å². The van der Waals surface area contributed by atoms with E-state index in [1.54, 1.807) is 0 Å². The van der Waals surface area contributed by atoms with Crippen LogP contribution in [0.3, 0.4) is 0 Å². The maximum absolute atomic E-state index is 10.4. The van der Waals surface area contributed by atoms with Crippen LogP contribution in [0.2, 0.25) is 18.1 Å². The second kappa shape index (κ2) is 7.03. The summed E-state index contributed by atoms with van der Waals surface area (Å²) in [5.41, 5.74) is 0.523. The zero-order valence-electron chi connectivity index (χ0n) is 15.0. The predicted octanol–water partition coefficient (Wildman–Crippen LogP) is 3.35. The van der Waals surface area contributed by atoms with Crippen LogP contribution in [0.4, 0.5) is 0 Å². The van der Waals surface area contributed by atoms with E-state index in [2.05, 4.69) is 33.9 Å². The summed E-state index contributed by atoms with van der Waals surface area (Å²) in [7, 11) is -1.84. The third kappa shape index (κ3) is 4.87. The molecule has 1 fully saturated rings. The Balaban J connectivity index is 1.79. The molecule has 0 spiro atoms. The summed E-state index contributed by atoms with van der Waals surface area (Å²) in [5, 5.41) is 10.6. The molecule has 1 aromatic carbocycles. The fraction of sp³-hybridized carbons (Fsp3) is 0.667. The summed E-state index contributed by atoms with van der Waals surface area (Å²) in [6, 6.07) is 9.96. The van der Waals surface area contributed by atoms with Crippen LogP contribution in [-0.2, 0) is 20.5 Å². The van der Waals surface area contributed by atoms with Gasteiger partial charge >= 0.3 is 0 Å². The summed E-state index contributed by atoms with van der Waals surface area (Å²) in [6.07, 6.45) is -0.656. The van der Waals surface area contributed by atoms with Crippen LogP contribution in [0.5, 0.6) is 0 Å². The van der Waals surface area contributed by atoms with Crippen molar-refractivity contribution in [1.29, 1.82) is 0 Å². The Kier molecular flexibility index (Phi) is 5.69. The van der Waals surface area contributed by atoms with Gasteiger partial charge in [0.25, 0.3) is 0 Å². The van der Waals surface area contributed by atoms with E-state index >= 15 is 0 Å². The molecule has 130 valence electrons. The van der Waals surface area contributed by atoms with Crippen molar-refractivity contribution in [2.45, 2.75) is 57.2 Å². The molecule has 1 saturated heterocycles. The van der Waals surface area contributed by atoms with E-state index in [0.717, 1.165) is 5.56 Å². The molecule has 1 aliphatic heterocycles. The first kappa shape index (κ1) is 18.6. The summed E-state index contributed by atoms with van der Waals surface area (Å²) >= 11 is 0. The normalized spacial score (nSPS) is 22.9. The number of rotatable bonds is 8. The van der Waals surface area contributed by atoms with Crippen LogP contribution in [0.1, 0.15) is 26.3 Å². The van der Waals surface area contributed by atoms with Crippen LogP contribution < -0.4 is 0 Å². The Morgan fingerprint density at radius 2 is 1.87 bits per heavy atom. The number of aliphatic hydroxyl groups is 1. The monoisotopic (exact) mass is 338 g/mol. The molecule has 1 N–H and O–H groups in total. The zero-order valence-corrected chi connectivity index (χ0v) is 16.0. The highest BCUT2D eigenvalue weighted by molar-refractivity contribution is 6.74. The van der Waals surface area contributed by atoms with Gasteiger partial charge in [-0.25, -0.2) is 0 Å². The number of ether oxygens (including phenoxy) is 2. The van der Waals surface area contributed by atoms with Gasteiger partial charge < -0.3 is 19.0 Å². The number of benzene rings is 1. The van der Waals surface area contributed by atoms with Crippen molar-refractivity contribution in [3.8, 4) is 0 Å². The molecule has 23 heavy (non-hydrogen) atoms. The number of hydrogen-bond donors (Lipinski definition) is 1. The molecule has 0 saturated carbocycles. The van der Waals surface area contributed by atoms with Gasteiger partial charge in [0.1, 0.15) is 11.7 Å². The predicted molar refractivity (Wildman–Crippen MR) is 93.9 cm³/mol. The minimum atomic E-state index is -1.84. The molecule has 1 heterocycles. The highest BCUT2D eigenvalue weighted by Crippen LogP contribution is 2.39. The molecular formula is C18H30O4Si. The standard InChI is InChI=1S/C18H30O4Si/c1-17(2,3)23(4,5)22-14-18(13-21-18)16(19)12-20-11-15-9-7-6-8-10-15/h6-10,16,19H,11-14H2,1-5H3/t16-,18-/m0/s1. The highest BCUT2D eigenvalue weighted by atomic mass is 28.4. The van der Waals surface area contributed by atoms with Gasteiger partial charge in [0.05, 0.1) is 26.4 Å². The molecule has 0 bridgehead atoms. The molecular weight excluding hydrogens is 308 g/mol. The second-order valence-electron chi connectivity index (χ2n) is 7.92. The molecule has 1 aromatic rings. The van der Waals surface area contributed by atoms with Gasteiger partial charge in [-0.3, -0.25) is 0 Å². The first-order valence-corrected chi connectivity index (χ1v) is 11.1. The van der Waals surface area contributed by atoms with E-state index in [0.29, 0.717) is 19.8 Å². The Morgan fingerprint density at radius 1 is 1.26 bits per heavy atom. The third-order valence-corrected chi connectivity index (χ3v) is 9.47. The van der Waals surface area contributed by atoms with Crippen LogP contribution >= 0.6 is 0 Å². The highest BCUT2D eigenvalue weighted by Gasteiger charge is 2.53. The van der Waals surface area contributed by atoms with Gasteiger partial charge in [-0.2, -0.15) is 0 Å². The maximum Gasteiger partial charge on any atom is 0.192 e. The van der Waals surface area contributed by atoms with Gasteiger partial charge in [0, 0.05) is 0 Å². The molecule has 4 nitrogen and oxygen atoms in total. The quantitative estimate of drug-likeness (QED) is 0.583. The molecule has 5 heteroatoms. The minimum Gasteiger partial charge on any atom is -0.414 e. The SMILES string of the molecule is CC(C)(C)[Si](C)(C)OC[C@]1([C@@H](O)COCc2ccccc2)CO1. The largest absolute Gasteiger partial charge is 0.414 e. The van der Waals surface area contributed by atoms with Crippen molar-refractivity contribution in [2.75, 3.05) is 19.8 Å². The number of hydrogen-bond acceptors (Lipinski definition) is 4. The van der Waals surface area contributed by atoms with E-state index in [-0.39, 0.29) is 11.6 Å². The topological polar surface area (TPSA) is 51.2 Å². The summed E-state index contributed by atoms with van der Waals surface area (Å²) in [5.74, 6) is 0. The van der Waals surface area contributed by atoms with Crippen molar-refractivity contribution in [2.24, 2.45) is 0 Å². The summed E-state index contributed by atoms with van der Waals surface area (Å²) < 4.78 is 17.4. The lowest BCUT2D eigenvalue weighted by Gasteiger charge is -2.37. The van der Waals surface area contributed by atoms with Crippen molar-refractivity contribution in [3.05, 3.63) is 35.9 Å². The van der Waals surface area contributed by atoms with Crippen LogP contribution in [0.25, 0.3) is 0 Å². The van der Waals surface area contributed by atoms with Gasteiger partial charge in [-0.1, -0.05) is 51.1 Å². The Morgan fingerprint density at radius 3 is 2.39 bits per heavy atom. The van der Waals surface area contributed by atoms with Crippen molar-refractivity contribution >= 4 is 8.32 Å². The fourth-order valence-corrected chi connectivity index (χ4v) is 3.04. The maximum atomic E-state index is 10.4. The molecule has 0 aromatic heterocycles. The lowest BCUT2D eigenvalue weighted by atomic mass is 10.1. The second-order valence-corrected chi connectivity index (χ2v) is 12.7. The minimum absolute atomic E-state index is 0.151. The third-order valence-electron chi connectivity index (χ3n) is 4.99. The average molecular weight is 339 g/mol. The fourth-order valence-electron chi connectivity index (χ4n) is 2.00. The van der Waals surface area contributed by atoms with E-state index < -0.39 is 20.0 Å². The molecule has 0 radical (unpaired) electrons. The van der Waals surface area contributed by atoms with Crippen LogP contribution in [0.15, 0.2) is 30.3 Å². The van der Waals surface area contributed by atoms with Gasteiger partial charge in [0.2, 0.25) is 0 Å². The molecule has 0 aliphatic carbocycles. The Hall–Kier alpha value is -0.723. The smallest absolute Gasteiger partial charge is 0.192 e. The van der Waals surface area contributed by atoms with Gasteiger partial charge in [0.15, 0.2) is 8.32 Å². The molecule has 2 rings (SSSR count). The van der Waals surface area contributed by atoms with E-state index in [1.807, 2.05) is 30.3 Å². The van der Waals surface area contributed by atoms with Crippen molar-refractivity contribution in [3.63, 3.8) is 0 Å².